The maximum absolute atomic E-state index is 10.4. The van der Waals surface area contributed by atoms with Gasteiger partial charge in [0.1, 0.15) is 18.5 Å². The van der Waals surface area contributed by atoms with E-state index >= 15 is 0 Å². The highest BCUT2D eigenvalue weighted by Gasteiger charge is 2.20. The van der Waals surface area contributed by atoms with E-state index in [-0.39, 0.29) is 0 Å². The summed E-state index contributed by atoms with van der Waals surface area (Å²) in [5, 5.41) is 12.8. The van der Waals surface area contributed by atoms with Crippen molar-refractivity contribution >= 4 is 16.5 Å². The van der Waals surface area contributed by atoms with Gasteiger partial charge >= 0.3 is 0 Å². The van der Waals surface area contributed by atoms with Crippen molar-refractivity contribution in [3.63, 3.8) is 0 Å². The molecule has 3 aromatic rings. The Kier molecular flexibility index (Phi) is 5.79. The summed E-state index contributed by atoms with van der Waals surface area (Å²) in [4.78, 5) is 4.76. The highest BCUT2D eigenvalue weighted by Crippen LogP contribution is 2.22. The fourth-order valence-electron chi connectivity index (χ4n) is 3.89. The molecule has 0 radical (unpaired) electrons. The van der Waals surface area contributed by atoms with Crippen molar-refractivity contribution in [1.29, 1.82) is 0 Å². The number of ether oxygens (including phenoxy) is 1. The second-order valence-electron chi connectivity index (χ2n) is 7.55. The molecule has 1 saturated heterocycles. The number of aliphatic hydroxyl groups is 1. The lowest BCUT2D eigenvalue weighted by Gasteiger charge is -2.37. The highest BCUT2D eigenvalue weighted by atomic mass is 16.5. The molecule has 1 N–H and O–H groups in total. The third kappa shape index (κ3) is 4.46. The van der Waals surface area contributed by atoms with Crippen molar-refractivity contribution < 1.29 is 9.84 Å². The number of rotatable bonds is 6. The summed E-state index contributed by atoms with van der Waals surface area (Å²) in [5.74, 6) is 0.808. The minimum atomic E-state index is -0.489. The lowest BCUT2D eigenvalue weighted by Crippen LogP contribution is -2.49. The van der Waals surface area contributed by atoms with Crippen molar-refractivity contribution in [2.75, 3.05) is 44.2 Å². The van der Waals surface area contributed by atoms with Gasteiger partial charge in [-0.05, 0) is 41.5 Å². The van der Waals surface area contributed by atoms with Gasteiger partial charge in [-0.2, -0.15) is 0 Å². The number of β-amino-alcohol motifs (C(OH)–C–C–N with tert-alkyl or cyclic N) is 1. The van der Waals surface area contributed by atoms with Gasteiger partial charge in [-0.3, -0.25) is 4.90 Å². The molecule has 28 heavy (non-hydrogen) atoms. The highest BCUT2D eigenvalue weighted by molar-refractivity contribution is 5.83. The number of aryl methyl sites for hydroxylation is 1. The van der Waals surface area contributed by atoms with E-state index in [1.54, 1.807) is 0 Å². The normalized spacial score (nSPS) is 16.3. The molecule has 0 saturated carbocycles. The number of hydrogen-bond donors (Lipinski definition) is 1. The molecule has 4 rings (SSSR count). The van der Waals surface area contributed by atoms with Gasteiger partial charge in [-0.15, -0.1) is 0 Å². The molecular formula is C24H28N2O2. The van der Waals surface area contributed by atoms with Crippen LogP contribution in [-0.2, 0) is 0 Å². The summed E-state index contributed by atoms with van der Waals surface area (Å²) in [7, 11) is 0. The van der Waals surface area contributed by atoms with E-state index in [2.05, 4.69) is 59.2 Å². The van der Waals surface area contributed by atoms with E-state index in [9.17, 15) is 5.11 Å². The van der Waals surface area contributed by atoms with Crippen LogP contribution < -0.4 is 9.64 Å². The van der Waals surface area contributed by atoms with Crippen molar-refractivity contribution in [3.05, 3.63) is 72.3 Å². The van der Waals surface area contributed by atoms with Crippen molar-refractivity contribution in [3.8, 4) is 5.75 Å². The summed E-state index contributed by atoms with van der Waals surface area (Å²) in [6.07, 6.45) is -0.489. The zero-order chi connectivity index (χ0) is 19.3. The first-order valence-electron chi connectivity index (χ1n) is 10.0. The average Bonchev–Trinajstić information content (AvgIpc) is 2.73. The van der Waals surface area contributed by atoms with Crippen LogP contribution in [0.4, 0.5) is 5.69 Å². The van der Waals surface area contributed by atoms with Gasteiger partial charge in [0.15, 0.2) is 0 Å². The number of benzene rings is 3. The molecule has 1 atom stereocenters. The first kappa shape index (κ1) is 18.8. The van der Waals surface area contributed by atoms with Crippen LogP contribution in [0.2, 0.25) is 0 Å². The van der Waals surface area contributed by atoms with E-state index in [1.807, 2.05) is 24.3 Å². The van der Waals surface area contributed by atoms with Crippen LogP contribution in [0.1, 0.15) is 5.56 Å². The van der Waals surface area contributed by atoms with E-state index < -0.39 is 6.10 Å². The predicted octanol–water partition coefficient (Wildman–Crippen LogP) is 3.71. The van der Waals surface area contributed by atoms with Crippen LogP contribution in [-0.4, -0.2) is 55.4 Å². The lowest BCUT2D eigenvalue weighted by molar-refractivity contribution is 0.0663. The topological polar surface area (TPSA) is 35.9 Å². The van der Waals surface area contributed by atoms with Gasteiger partial charge in [-0.25, -0.2) is 0 Å². The monoisotopic (exact) mass is 376 g/mol. The fourth-order valence-corrected chi connectivity index (χ4v) is 3.89. The quantitative estimate of drug-likeness (QED) is 0.711. The summed E-state index contributed by atoms with van der Waals surface area (Å²) in [6, 6.07) is 22.8. The minimum absolute atomic E-state index is 0.316. The molecular weight excluding hydrogens is 348 g/mol. The molecule has 146 valence electrons. The number of aliphatic hydroxyl groups excluding tert-OH is 1. The fraction of sp³-hybridized carbons (Fsp3) is 0.333. The van der Waals surface area contributed by atoms with Crippen LogP contribution in [0, 0.1) is 6.92 Å². The molecule has 1 aliphatic heterocycles. The van der Waals surface area contributed by atoms with E-state index in [4.69, 9.17) is 4.74 Å². The SMILES string of the molecule is Cc1ccccc1N1CCN(C[C@H](O)COc2ccc3ccccc3c2)CC1. The van der Waals surface area contributed by atoms with Crippen LogP contribution in [0.3, 0.4) is 0 Å². The Labute approximate surface area is 167 Å². The molecule has 1 heterocycles. The van der Waals surface area contributed by atoms with Gasteiger partial charge in [0.25, 0.3) is 0 Å². The molecule has 3 aromatic carbocycles. The van der Waals surface area contributed by atoms with Gasteiger partial charge in [0, 0.05) is 38.4 Å². The number of anilines is 1. The maximum atomic E-state index is 10.4. The molecule has 0 bridgehead atoms. The average molecular weight is 377 g/mol. The van der Waals surface area contributed by atoms with Gasteiger partial charge < -0.3 is 14.7 Å². The summed E-state index contributed by atoms with van der Waals surface area (Å²) < 4.78 is 5.84. The molecule has 0 aliphatic carbocycles. The Balaban J connectivity index is 1.25. The maximum Gasteiger partial charge on any atom is 0.120 e. The third-order valence-corrected chi connectivity index (χ3v) is 5.46. The molecule has 0 aromatic heterocycles. The van der Waals surface area contributed by atoms with E-state index in [0.717, 1.165) is 37.3 Å². The second kappa shape index (κ2) is 8.63. The summed E-state index contributed by atoms with van der Waals surface area (Å²) >= 11 is 0. The van der Waals surface area contributed by atoms with Gasteiger partial charge in [0.2, 0.25) is 0 Å². The van der Waals surface area contributed by atoms with Crippen molar-refractivity contribution in [1.82, 2.24) is 4.90 Å². The first-order valence-corrected chi connectivity index (χ1v) is 10.0. The molecule has 4 nitrogen and oxygen atoms in total. The standard InChI is InChI=1S/C24H28N2O2/c1-19-6-2-5-9-24(19)26-14-12-25(13-15-26)17-22(27)18-28-23-11-10-20-7-3-4-8-21(20)16-23/h2-11,16,22,27H,12-15,17-18H2,1H3/t22-/m0/s1. The Morgan fingerprint density at radius 3 is 2.39 bits per heavy atom. The third-order valence-electron chi connectivity index (χ3n) is 5.46. The molecule has 0 unspecified atom stereocenters. The van der Waals surface area contributed by atoms with Gasteiger partial charge in [0.05, 0.1) is 0 Å². The number of nitrogens with zero attached hydrogens (tertiary/aromatic N) is 2. The van der Waals surface area contributed by atoms with Crippen LogP contribution >= 0.6 is 0 Å². The van der Waals surface area contributed by atoms with Crippen molar-refractivity contribution in [2.45, 2.75) is 13.0 Å². The Hall–Kier alpha value is -2.56. The molecule has 1 aliphatic rings. The smallest absolute Gasteiger partial charge is 0.120 e. The number of hydrogen-bond acceptors (Lipinski definition) is 4. The van der Waals surface area contributed by atoms with E-state index in [0.29, 0.717) is 13.2 Å². The van der Waals surface area contributed by atoms with Gasteiger partial charge in [-0.1, -0.05) is 48.5 Å². The molecule has 4 heteroatoms. The second-order valence-corrected chi connectivity index (χ2v) is 7.55. The minimum Gasteiger partial charge on any atom is -0.491 e. The Morgan fingerprint density at radius 2 is 1.61 bits per heavy atom. The first-order chi connectivity index (χ1) is 13.7. The van der Waals surface area contributed by atoms with Crippen LogP contribution in [0.5, 0.6) is 5.75 Å². The lowest BCUT2D eigenvalue weighted by atomic mass is 10.1. The van der Waals surface area contributed by atoms with Crippen molar-refractivity contribution in [2.24, 2.45) is 0 Å². The van der Waals surface area contributed by atoms with Crippen LogP contribution in [0.25, 0.3) is 10.8 Å². The molecule has 1 fully saturated rings. The van der Waals surface area contributed by atoms with E-state index in [1.165, 1.54) is 16.6 Å². The zero-order valence-corrected chi connectivity index (χ0v) is 16.4. The molecule has 0 spiro atoms. The number of fused-ring (bicyclic) bond motifs is 1. The van der Waals surface area contributed by atoms with Crippen LogP contribution in [0.15, 0.2) is 66.7 Å². The molecule has 0 amide bonds. The zero-order valence-electron chi connectivity index (χ0n) is 16.4. The number of piperazine rings is 1. The summed E-state index contributed by atoms with van der Waals surface area (Å²) in [6.45, 7) is 7.02. The predicted molar refractivity (Wildman–Crippen MR) is 115 cm³/mol. The largest absolute Gasteiger partial charge is 0.491 e. The number of para-hydroxylation sites is 1. The Morgan fingerprint density at radius 1 is 0.893 bits per heavy atom. The summed E-state index contributed by atoms with van der Waals surface area (Å²) in [5.41, 5.74) is 2.64. The Bertz CT molecular complexity index is 919.